The van der Waals surface area contributed by atoms with Crippen molar-refractivity contribution in [2.24, 2.45) is 0 Å². The summed E-state index contributed by atoms with van der Waals surface area (Å²) in [7, 11) is 1.14. The Balaban J connectivity index is 2.36. The predicted octanol–water partition coefficient (Wildman–Crippen LogP) is 4.36. The van der Waals surface area contributed by atoms with E-state index in [0.29, 0.717) is 11.8 Å². The van der Waals surface area contributed by atoms with Crippen LogP contribution in [0.4, 0.5) is 17.6 Å². The van der Waals surface area contributed by atoms with E-state index >= 15 is 0 Å². The van der Waals surface area contributed by atoms with Crippen LogP contribution in [-0.2, 0) is 11.0 Å². The third kappa shape index (κ3) is 3.20. The fourth-order valence-electron chi connectivity index (χ4n) is 2.95. The molecule has 3 aromatic rings. The molecule has 0 aliphatic carbocycles. The van der Waals surface area contributed by atoms with Gasteiger partial charge in [0.15, 0.2) is 0 Å². The van der Waals surface area contributed by atoms with Gasteiger partial charge in [-0.25, -0.2) is 9.37 Å². The molecule has 3 rings (SSSR count). The fourth-order valence-corrected chi connectivity index (χ4v) is 2.95. The topological polar surface area (TPSA) is 63.8 Å². The second-order valence-electron chi connectivity index (χ2n) is 5.88. The lowest BCUT2D eigenvalue weighted by Gasteiger charge is -2.18. The number of aromatic nitrogens is 2. The number of carboxylic acids is 1. The predicted molar refractivity (Wildman–Crippen MR) is 88.2 cm³/mol. The third-order valence-electron chi connectivity index (χ3n) is 4.26. The molecule has 2 aromatic heterocycles. The van der Waals surface area contributed by atoms with Gasteiger partial charge in [0.05, 0.1) is 18.6 Å². The lowest BCUT2D eigenvalue weighted by molar-refractivity contribution is -0.138. The van der Waals surface area contributed by atoms with Crippen LogP contribution in [0.5, 0.6) is 5.75 Å². The van der Waals surface area contributed by atoms with E-state index in [1.807, 2.05) is 0 Å². The zero-order valence-corrected chi connectivity index (χ0v) is 14.2. The first kappa shape index (κ1) is 18.7. The smallest absolute Gasteiger partial charge is 0.417 e. The number of alkyl halides is 3. The second kappa shape index (κ2) is 6.57. The molecule has 0 aliphatic rings. The molecular weight excluding hydrogens is 368 g/mol. The van der Waals surface area contributed by atoms with Crippen molar-refractivity contribution in [3.05, 3.63) is 53.7 Å². The van der Waals surface area contributed by atoms with Gasteiger partial charge in [0.1, 0.15) is 17.2 Å². The van der Waals surface area contributed by atoms with E-state index in [4.69, 9.17) is 4.74 Å². The van der Waals surface area contributed by atoms with Crippen LogP contribution in [0, 0.1) is 5.82 Å². The Labute approximate surface area is 150 Å². The van der Waals surface area contributed by atoms with Crippen LogP contribution in [0.3, 0.4) is 0 Å². The SMILES string of the molecule is COc1cc(F)cc(C(F)(F)F)c1-c1ccc(C(C)C(=O)O)n2ccnc12. The van der Waals surface area contributed by atoms with Gasteiger partial charge in [0.25, 0.3) is 0 Å². The maximum absolute atomic E-state index is 13.7. The van der Waals surface area contributed by atoms with Crippen LogP contribution in [0.25, 0.3) is 16.8 Å². The fraction of sp³-hybridized carbons (Fsp3) is 0.222. The Morgan fingerprint density at radius 1 is 1.30 bits per heavy atom. The molecule has 142 valence electrons. The minimum atomic E-state index is -4.83. The molecule has 0 bridgehead atoms. The second-order valence-corrected chi connectivity index (χ2v) is 5.88. The van der Waals surface area contributed by atoms with Crippen molar-refractivity contribution in [3.63, 3.8) is 0 Å². The van der Waals surface area contributed by atoms with Gasteiger partial charge in [-0.3, -0.25) is 4.79 Å². The number of halogens is 4. The van der Waals surface area contributed by atoms with Gasteiger partial charge in [-0.05, 0) is 25.1 Å². The van der Waals surface area contributed by atoms with Crippen LogP contribution in [0.1, 0.15) is 24.1 Å². The van der Waals surface area contributed by atoms with Crippen molar-refractivity contribution in [1.82, 2.24) is 9.38 Å². The van der Waals surface area contributed by atoms with Crippen molar-refractivity contribution in [2.45, 2.75) is 19.0 Å². The molecule has 9 heteroatoms. The highest BCUT2D eigenvalue weighted by Crippen LogP contribution is 2.44. The Kier molecular flexibility index (Phi) is 4.54. The molecule has 0 fully saturated rings. The number of nitrogens with zero attached hydrogens (tertiary/aromatic N) is 2. The van der Waals surface area contributed by atoms with Crippen molar-refractivity contribution >= 4 is 11.6 Å². The van der Waals surface area contributed by atoms with Crippen LogP contribution in [0.2, 0.25) is 0 Å². The molecule has 1 aromatic carbocycles. The third-order valence-corrected chi connectivity index (χ3v) is 4.26. The number of ether oxygens (including phenoxy) is 1. The lowest BCUT2D eigenvalue weighted by atomic mass is 9.97. The van der Waals surface area contributed by atoms with Crippen LogP contribution in [0.15, 0.2) is 36.7 Å². The molecule has 0 saturated carbocycles. The number of carboxylic acid groups (broad SMARTS) is 1. The molecule has 27 heavy (non-hydrogen) atoms. The Bertz CT molecular complexity index is 1030. The number of hydrogen-bond acceptors (Lipinski definition) is 3. The molecule has 0 saturated heterocycles. The van der Waals surface area contributed by atoms with Gasteiger partial charge in [0.2, 0.25) is 0 Å². The molecule has 0 aliphatic heterocycles. The number of imidazole rings is 1. The zero-order valence-electron chi connectivity index (χ0n) is 14.2. The van der Waals surface area contributed by atoms with E-state index in [1.165, 1.54) is 35.9 Å². The molecule has 2 heterocycles. The van der Waals surface area contributed by atoms with E-state index < -0.39 is 29.4 Å². The number of pyridine rings is 1. The lowest BCUT2D eigenvalue weighted by Crippen LogP contribution is -2.13. The first-order chi connectivity index (χ1) is 12.6. The van der Waals surface area contributed by atoms with Crippen LogP contribution >= 0.6 is 0 Å². The summed E-state index contributed by atoms with van der Waals surface area (Å²) < 4.78 is 60.7. The van der Waals surface area contributed by atoms with E-state index in [1.54, 1.807) is 0 Å². The highest BCUT2D eigenvalue weighted by Gasteiger charge is 2.37. The summed E-state index contributed by atoms with van der Waals surface area (Å²) >= 11 is 0. The van der Waals surface area contributed by atoms with Crippen molar-refractivity contribution in [3.8, 4) is 16.9 Å². The monoisotopic (exact) mass is 382 g/mol. The highest BCUT2D eigenvalue weighted by atomic mass is 19.4. The minimum Gasteiger partial charge on any atom is -0.496 e. The summed E-state index contributed by atoms with van der Waals surface area (Å²) in [6, 6.07) is 4.00. The van der Waals surface area contributed by atoms with Gasteiger partial charge < -0.3 is 14.2 Å². The quantitative estimate of drug-likeness (QED) is 0.681. The number of aliphatic carboxylic acids is 1. The summed E-state index contributed by atoms with van der Waals surface area (Å²) in [6.07, 6.45) is -2.03. The number of carbonyl (C=O) groups is 1. The zero-order chi connectivity index (χ0) is 19.9. The normalized spacial score (nSPS) is 13.0. The van der Waals surface area contributed by atoms with Gasteiger partial charge in [-0.2, -0.15) is 13.2 Å². The standard InChI is InChI=1S/C18H14F4N2O3/c1-9(17(25)26)13-4-3-11(16-23-5-6-24(13)16)15-12(18(20,21)22)7-10(19)8-14(15)27-2/h3-9H,1-2H3,(H,25,26). The maximum atomic E-state index is 13.7. The molecule has 5 nitrogen and oxygen atoms in total. The first-order valence-electron chi connectivity index (χ1n) is 7.79. The van der Waals surface area contributed by atoms with E-state index in [2.05, 4.69) is 4.98 Å². The van der Waals surface area contributed by atoms with Gasteiger partial charge >= 0.3 is 12.1 Å². The number of benzene rings is 1. The average Bonchev–Trinajstić information content (AvgIpc) is 3.08. The molecule has 0 amide bonds. The minimum absolute atomic E-state index is 0.0468. The summed E-state index contributed by atoms with van der Waals surface area (Å²) in [5, 5.41) is 9.24. The Hall–Kier alpha value is -3.10. The molecule has 1 N–H and O–H groups in total. The number of fused-ring (bicyclic) bond motifs is 1. The maximum Gasteiger partial charge on any atom is 0.417 e. The molecule has 1 atom stereocenters. The molecular formula is C18H14F4N2O3. The van der Waals surface area contributed by atoms with Crippen LogP contribution < -0.4 is 4.74 Å². The Morgan fingerprint density at radius 3 is 2.59 bits per heavy atom. The number of rotatable bonds is 4. The molecule has 0 spiro atoms. The van der Waals surface area contributed by atoms with Gasteiger partial charge in [0, 0.05) is 35.3 Å². The van der Waals surface area contributed by atoms with Crippen molar-refractivity contribution in [1.29, 1.82) is 0 Å². The van der Waals surface area contributed by atoms with Crippen molar-refractivity contribution in [2.75, 3.05) is 7.11 Å². The Morgan fingerprint density at radius 2 is 2.00 bits per heavy atom. The highest BCUT2D eigenvalue weighted by molar-refractivity contribution is 5.85. The summed E-state index contributed by atoms with van der Waals surface area (Å²) in [5.41, 5.74) is -1.07. The van der Waals surface area contributed by atoms with Gasteiger partial charge in [-0.1, -0.05) is 0 Å². The molecule has 0 radical (unpaired) electrons. The number of methoxy groups -OCH3 is 1. The van der Waals surface area contributed by atoms with Crippen LogP contribution in [-0.4, -0.2) is 27.6 Å². The summed E-state index contributed by atoms with van der Waals surface area (Å²) in [5.74, 6) is -3.38. The number of hydrogen-bond donors (Lipinski definition) is 1. The first-order valence-corrected chi connectivity index (χ1v) is 7.79. The van der Waals surface area contributed by atoms with E-state index in [9.17, 15) is 27.5 Å². The largest absolute Gasteiger partial charge is 0.496 e. The average molecular weight is 382 g/mol. The van der Waals surface area contributed by atoms with Gasteiger partial charge in [-0.15, -0.1) is 0 Å². The summed E-state index contributed by atoms with van der Waals surface area (Å²) in [4.78, 5) is 15.4. The molecule has 1 unspecified atom stereocenters. The van der Waals surface area contributed by atoms with Crippen molar-refractivity contribution < 1.29 is 32.2 Å². The van der Waals surface area contributed by atoms with E-state index in [-0.39, 0.29) is 22.5 Å². The van der Waals surface area contributed by atoms with E-state index in [0.717, 1.165) is 13.2 Å². The summed E-state index contributed by atoms with van der Waals surface area (Å²) in [6.45, 7) is 1.45.